The first-order valence-electron chi connectivity index (χ1n) is 5.55. The Morgan fingerprint density at radius 2 is 2.33 bits per heavy atom. The first-order valence-corrected chi connectivity index (χ1v) is 7.16. The van der Waals surface area contributed by atoms with Gasteiger partial charge in [0.15, 0.2) is 0 Å². The SMILES string of the molecule is COC(=O)C1(c2ncc(-c3ccc(Br)s3)[nH]2)CC1. The number of aromatic amines is 1. The monoisotopic (exact) mass is 326 g/mol. The summed E-state index contributed by atoms with van der Waals surface area (Å²) in [6.07, 6.45) is 3.39. The maximum atomic E-state index is 11.8. The van der Waals surface area contributed by atoms with Crippen LogP contribution in [-0.2, 0) is 14.9 Å². The topological polar surface area (TPSA) is 55.0 Å². The molecule has 18 heavy (non-hydrogen) atoms. The number of hydrogen-bond acceptors (Lipinski definition) is 4. The number of carbonyl (C=O) groups excluding carboxylic acids is 1. The van der Waals surface area contributed by atoms with E-state index in [1.54, 1.807) is 17.5 Å². The van der Waals surface area contributed by atoms with E-state index in [-0.39, 0.29) is 5.97 Å². The Kier molecular flexibility index (Phi) is 2.79. The van der Waals surface area contributed by atoms with Crippen LogP contribution >= 0.6 is 27.3 Å². The number of nitrogens with one attached hydrogen (secondary N) is 1. The number of halogens is 1. The first-order chi connectivity index (χ1) is 8.65. The van der Waals surface area contributed by atoms with E-state index in [0.29, 0.717) is 5.82 Å². The van der Waals surface area contributed by atoms with Gasteiger partial charge in [0.1, 0.15) is 11.2 Å². The van der Waals surface area contributed by atoms with E-state index >= 15 is 0 Å². The van der Waals surface area contributed by atoms with E-state index in [9.17, 15) is 4.79 Å². The number of H-pyrrole nitrogens is 1. The van der Waals surface area contributed by atoms with Gasteiger partial charge < -0.3 is 9.72 Å². The molecule has 1 N–H and O–H groups in total. The zero-order valence-corrected chi connectivity index (χ0v) is 12.1. The third-order valence-corrected chi connectivity index (χ3v) is 4.85. The number of thiophene rings is 1. The van der Waals surface area contributed by atoms with Gasteiger partial charge in [-0.25, -0.2) is 4.98 Å². The molecule has 0 unspecified atom stereocenters. The van der Waals surface area contributed by atoms with Crippen LogP contribution < -0.4 is 0 Å². The van der Waals surface area contributed by atoms with Crippen LogP contribution in [0.1, 0.15) is 18.7 Å². The number of rotatable bonds is 3. The molecular formula is C12H11BrN2O2S. The Morgan fingerprint density at radius 3 is 2.89 bits per heavy atom. The highest BCUT2D eigenvalue weighted by Crippen LogP contribution is 2.48. The normalized spacial score (nSPS) is 16.6. The summed E-state index contributed by atoms with van der Waals surface area (Å²) in [4.78, 5) is 20.4. The number of nitrogens with zero attached hydrogens (tertiary/aromatic N) is 1. The second kappa shape index (κ2) is 4.20. The minimum absolute atomic E-state index is 0.198. The van der Waals surface area contributed by atoms with Gasteiger partial charge in [-0.05, 0) is 40.9 Å². The Balaban J connectivity index is 1.93. The lowest BCUT2D eigenvalue weighted by Crippen LogP contribution is -2.23. The fourth-order valence-electron chi connectivity index (χ4n) is 2.01. The van der Waals surface area contributed by atoms with Crippen LogP contribution in [0.15, 0.2) is 22.1 Å². The predicted molar refractivity (Wildman–Crippen MR) is 72.5 cm³/mol. The predicted octanol–water partition coefficient (Wildman–Crippen LogP) is 3.11. The molecule has 94 valence electrons. The van der Waals surface area contributed by atoms with E-state index in [2.05, 4.69) is 25.9 Å². The van der Waals surface area contributed by atoms with Gasteiger partial charge in [-0.3, -0.25) is 4.79 Å². The van der Waals surface area contributed by atoms with Crippen molar-refractivity contribution in [2.45, 2.75) is 18.3 Å². The van der Waals surface area contributed by atoms with Crippen LogP contribution in [0.4, 0.5) is 0 Å². The fraction of sp³-hybridized carbons (Fsp3) is 0.333. The van der Waals surface area contributed by atoms with Crippen LogP contribution in [-0.4, -0.2) is 23.0 Å². The average molecular weight is 327 g/mol. The number of imidazole rings is 1. The molecule has 0 aromatic carbocycles. The average Bonchev–Trinajstić information content (AvgIpc) is 2.84. The Morgan fingerprint density at radius 1 is 1.56 bits per heavy atom. The highest BCUT2D eigenvalue weighted by atomic mass is 79.9. The minimum Gasteiger partial charge on any atom is -0.468 e. The summed E-state index contributed by atoms with van der Waals surface area (Å²) in [6, 6.07) is 4.01. The zero-order chi connectivity index (χ0) is 12.8. The smallest absolute Gasteiger partial charge is 0.319 e. The maximum absolute atomic E-state index is 11.8. The molecule has 4 nitrogen and oxygen atoms in total. The molecule has 2 aromatic heterocycles. The van der Waals surface area contributed by atoms with Crippen molar-refractivity contribution in [2.24, 2.45) is 0 Å². The molecule has 0 radical (unpaired) electrons. The van der Waals surface area contributed by atoms with Gasteiger partial charge in [-0.2, -0.15) is 0 Å². The molecular weight excluding hydrogens is 316 g/mol. The number of methoxy groups -OCH3 is 1. The molecule has 0 saturated heterocycles. The molecule has 6 heteroatoms. The second-order valence-electron chi connectivity index (χ2n) is 4.32. The third-order valence-electron chi connectivity index (χ3n) is 3.19. The molecule has 2 aromatic rings. The van der Waals surface area contributed by atoms with Crippen molar-refractivity contribution >= 4 is 33.2 Å². The van der Waals surface area contributed by atoms with Crippen molar-refractivity contribution < 1.29 is 9.53 Å². The number of ether oxygens (including phenoxy) is 1. The number of hydrogen-bond donors (Lipinski definition) is 1. The van der Waals surface area contributed by atoms with Gasteiger partial charge in [0.25, 0.3) is 0 Å². The third kappa shape index (κ3) is 1.80. The van der Waals surface area contributed by atoms with E-state index in [0.717, 1.165) is 27.2 Å². The lowest BCUT2D eigenvalue weighted by atomic mass is 10.1. The summed E-state index contributed by atoms with van der Waals surface area (Å²) in [5.74, 6) is 0.518. The van der Waals surface area contributed by atoms with Gasteiger partial charge in [-0.15, -0.1) is 11.3 Å². The van der Waals surface area contributed by atoms with Crippen LogP contribution in [0.5, 0.6) is 0 Å². The quantitative estimate of drug-likeness (QED) is 0.882. The van der Waals surface area contributed by atoms with Crippen LogP contribution in [0.3, 0.4) is 0 Å². The summed E-state index contributed by atoms with van der Waals surface area (Å²) in [7, 11) is 1.42. The lowest BCUT2D eigenvalue weighted by molar-refractivity contribution is -0.143. The number of esters is 1. The summed E-state index contributed by atoms with van der Waals surface area (Å²) >= 11 is 5.06. The highest BCUT2D eigenvalue weighted by Gasteiger charge is 2.55. The summed E-state index contributed by atoms with van der Waals surface area (Å²) in [5.41, 5.74) is 0.414. The molecule has 0 aliphatic heterocycles. The van der Waals surface area contributed by atoms with E-state index in [1.807, 2.05) is 12.1 Å². The van der Waals surface area contributed by atoms with Gasteiger partial charge in [0.05, 0.1) is 27.7 Å². The van der Waals surface area contributed by atoms with Gasteiger partial charge in [0, 0.05) is 0 Å². The second-order valence-corrected chi connectivity index (χ2v) is 6.79. The molecule has 3 rings (SSSR count). The van der Waals surface area contributed by atoms with Crippen molar-refractivity contribution in [1.82, 2.24) is 9.97 Å². The van der Waals surface area contributed by atoms with Crippen LogP contribution in [0.25, 0.3) is 10.6 Å². The molecule has 0 spiro atoms. The van der Waals surface area contributed by atoms with E-state index in [4.69, 9.17) is 4.74 Å². The van der Waals surface area contributed by atoms with Crippen molar-refractivity contribution in [1.29, 1.82) is 0 Å². The van der Waals surface area contributed by atoms with Crippen molar-refractivity contribution in [2.75, 3.05) is 7.11 Å². The molecule has 0 atom stereocenters. The van der Waals surface area contributed by atoms with Gasteiger partial charge in [0.2, 0.25) is 0 Å². The van der Waals surface area contributed by atoms with Gasteiger partial charge >= 0.3 is 5.97 Å². The Hall–Kier alpha value is -1.14. The van der Waals surface area contributed by atoms with Crippen LogP contribution in [0, 0.1) is 0 Å². The largest absolute Gasteiger partial charge is 0.468 e. The number of carbonyl (C=O) groups is 1. The molecule has 0 amide bonds. The zero-order valence-electron chi connectivity index (χ0n) is 9.70. The molecule has 1 aliphatic carbocycles. The number of aromatic nitrogens is 2. The molecule has 1 saturated carbocycles. The highest BCUT2D eigenvalue weighted by molar-refractivity contribution is 9.11. The van der Waals surface area contributed by atoms with Crippen LogP contribution in [0.2, 0.25) is 0 Å². The molecule has 1 fully saturated rings. The first kappa shape index (κ1) is 11.9. The minimum atomic E-state index is -0.526. The maximum Gasteiger partial charge on any atom is 0.319 e. The summed E-state index contributed by atoms with van der Waals surface area (Å²) in [5, 5.41) is 0. The molecule has 2 heterocycles. The Bertz CT molecular complexity index is 601. The van der Waals surface area contributed by atoms with Gasteiger partial charge in [-0.1, -0.05) is 0 Å². The Labute approximate surface area is 117 Å². The molecule has 0 bridgehead atoms. The van der Waals surface area contributed by atoms with Crippen molar-refractivity contribution in [3.05, 3.63) is 27.9 Å². The lowest BCUT2D eigenvalue weighted by Gasteiger charge is -2.08. The molecule has 1 aliphatic rings. The van der Waals surface area contributed by atoms with E-state index in [1.165, 1.54) is 7.11 Å². The van der Waals surface area contributed by atoms with Crippen molar-refractivity contribution in [3.8, 4) is 10.6 Å². The standard InChI is InChI=1S/C12H11BrN2O2S/c1-17-11(16)12(4-5-12)10-14-6-7(15-10)8-2-3-9(13)18-8/h2-3,6H,4-5H2,1H3,(H,14,15). The summed E-state index contributed by atoms with van der Waals surface area (Å²) in [6.45, 7) is 0. The van der Waals surface area contributed by atoms with E-state index < -0.39 is 5.41 Å². The summed E-state index contributed by atoms with van der Waals surface area (Å²) < 4.78 is 5.92. The van der Waals surface area contributed by atoms with Crippen molar-refractivity contribution in [3.63, 3.8) is 0 Å². The fourth-order valence-corrected chi connectivity index (χ4v) is 3.36.